The molecule has 8 heteroatoms. The van der Waals surface area contributed by atoms with E-state index in [0.717, 1.165) is 5.56 Å². The zero-order valence-electron chi connectivity index (χ0n) is 13.5. The molecule has 2 aromatic rings. The molecule has 0 saturated heterocycles. The molecule has 0 saturated carbocycles. The van der Waals surface area contributed by atoms with Crippen molar-refractivity contribution in [2.24, 2.45) is 5.16 Å². The lowest BCUT2D eigenvalue weighted by atomic mass is 10.0. The lowest BCUT2D eigenvalue weighted by Crippen LogP contribution is -2.29. The maximum atomic E-state index is 12.0. The van der Waals surface area contributed by atoms with Crippen LogP contribution in [0.2, 0.25) is 15.1 Å². The Hall–Kier alpha value is -1.95. The van der Waals surface area contributed by atoms with Gasteiger partial charge in [-0.15, -0.1) is 0 Å². The molecule has 5 nitrogen and oxygen atoms in total. The molecule has 0 spiro atoms. The normalized spacial score (nSPS) is 11.2. The van der Waals surface area contributed by atoms with Crippen LogP contribution in [0.15, 0.2) is 41.6 Å². The number of carbonyl (C=O) groups excluding carboxylic acids is 1. The molecule has 0 aliphatic rings. The highest BCUT2D eigenvalue weighted by Gasteiger charge is 2.18. The molecule has 2 rings (SSSR count). The van der Waals surface area contributed by atoms with Crippen LogP contribution in [-0.2, 0) is 16.2 Å². The minimum Gasteiger partial charge on any atom is -0.487 e. The molecule has 132 valence electrons. The van der Waals surface area contributed by atoms with E-state index in [-0.39, 0.29) is 18.2 Å². The van der Waals surface area contributed by atoms with E-state index in [0.29, 0.717) is 26.4 Å². The number of benzene rings is 2. The van der Waals surface area contributed by atoms with Gasteiger partial charge in [0.25, 0.3) is 5.91 Å². The van der Waals surface area contributed by atoms with Gasteiger partial charge >= 0.3 is 0 Å². The van der Waals surface area contributed by atoms with Crippen LogP contribution in [-0.4, -0.2) is 25.8 Å². The molecule has 0 unspecified atom stereocenters. The van der Waals surface area contributed by atoms with E-state index in [2.05, 4.69) is 10.5 Å². The van der Waals surface area contributed by atoms with Gasteiger partial charge in [-0.3, -0.25) is 4.79 Å². The summed E-state index contributed by atoms with van der Waals surface area (Å²) in [6.45, 7) is 0.146. The SMILES string of the molecule is CNC(=O)/C(=N\OC)c1ccccc1COc1cc(Cl)c(Cl)cc1Cl. The van der Waals surface area contributed by atoms with Crippen molar-refractivity contribution in [2.45, 2.75) is 6.61 Å². The van der Waals surface area contributed by atoms with Crippen LogP contribution in [0, 0.1) is 0 Å². The maximum Gasteiger partial charge on any atom is 0.273 e. The molecule has 0 atom stereocenters. The molecule has 25 heavy (non-hydrogen) atoms. The molecule has 1 amide bonds. The van der Waals surface area contributed by atoms with E-state index in [1.165, 1.54) is 26.3 Å². The third-order valence-electron chi connectivity index (χ3n) is 3.26. The van der Waals surface area contributed by atoms with Crippen molar-refractivity contribution in [2.75, 3.05) is 14.2 Å². The minimum absolute atomic E-state index is 0.143. The number of carbonyl (C=O) groups is 1. The number of oxime groups is 1. The third kappa shape index (κ3) is 4.78. The average molecular weight is 402 g/mol. The largest absolute Gasteiger partial charge is 0.487 e. The van der Waals surface area contributed by atoms with Gasteiger partial charge in [0.05, 0.1) is 15.1 Å². The van der Waals surface area contributed by atoms with Crippen LogP contribution < -0.4 is 10.1 Å². The van der Waals surface area contributed by atoms with Crippen molar-refractivity contribution in [3.8, 4) is 5.75 Å². The Kier molecular flexibility index (Phi) is 6.93. The Morgan fingerprint density at radius 1 is 1.12 bits per heavy atom. The zero-order chi connectivity index (χ0) is 18.4. The fourth-order valence-corrected chi connectivity index (χ4v) is 2.66. The van der Waals surface area contributed by atoms with Gasteiger partial charge in [0.2, 0.25) is 0 Å². The Morgan fingerprint density at radius 3 is 2.48 bits per heavy atom. The standard InChI is InChI=1S/C17H15Cl3N2O3/c1-21-17(23)16(22-24-2)11-6-4-3-5-10(11)9-25-15-8-13(19)12(18)7-14(15)20/h3-8H,9H2,1-2H3,(H,21,23)/b22-16-. The Bertz CT molecular complexity index is 810. The quantitative estimate of drug-likeness (QED) is 0.445. The van der Waals surface area contributed by atoms with Gasteiger partial charge in [-0.1, -0.05) is 64.2 Å². The van der Waals surface area contributed by atoms with Crippen LogP contribution in [0.3, 0.4) is 0 Å². The summed E-state index contributed by atoms with van der Waals surface area (Å²) >= 11 is 18.0. The minimum atomic E-state index is -0.373. The Balaban J connectivity index is 2.31. The first-order valence-electron chi connectivity index (χ1n) is 7.16. The molecule has 0 aliphatic carbocycles. The number of nitrogens with zero attached hydrogens (tertiary/aromatic N) is 1. The van der Waals surface area contributed by atoms with E-state index >= 15 is 0 Å². The van der Waals surface area contributed by atoms with E-state index < -0.39 is 0 Å². The molecule has 0 heterocycles. The number of hydrogen-bond donors (Lipinski definition) is 1. The number of likely N-dealkylation sites (N-methyl/N-ethyl adjacent to an activating group) is 1. The van der Waals surface area contributed by atoms with Crippen molar-refractivity contribution >= 4 is 46.4 Å². The first-order valence-corrected chi connectivity index (χ1v) is 8.30. The summed E-state index contributed by atoms with van der Waals surface area (Å²) in [7, 11) is 2.89. The Labute approximate surface area is 160 Å². The summed E-state index contributed by atoms with van der Waals surface area (Å²) in [6, 6.07) is 10.2. The van der Waals surface area contributed by atoms with Crippen LogP contribution in [0.25, 0.3) is 0 Å². The fourth-order valence-electron chi connectivity index (χ4n) is 2.07. The molecular formula is C17H15Cl3N2O3. The highest BCUT2D eigenvalue weighted by Crippen LogP contribution is 2.34. The second kappa shape index (κ2) is 8.94. The number of nitrogens with one attached hydrogen (secondary N) is 1. The van der Waals surface area contributed by atoms with Crippen molar-refractivity contribution in [3.63, 3.8) is 0 Å². The summed E-state index contributed by atoms with van der Waals surface area (Å²) in [5.74, 6) is 0.0120. The van der Waals surface area contributed by atoms with Crippen molar-refractivity contribution in [3.05, 3.63) is 62.6 Å². The van der Waals surface area contributed by atoms with Gasteiger partial charge in [0.1, 0.15) is 19.5 Å². The van der Waals surface area contributed by atoms with Crippen LogP contribution in [0.4, 0.5) is 0 Å². The predicted molar refractivity (Wildman–Crippen MR) is 99.9 cm³/mol. The molecule has 0 bridgehead atoms. The molecule has 0 radical (unpaired) electrons. The van der Waals surface area contributed by atoms with Crippen LogP contribution >= 0.6 is 34.8 Å². The number of amides is 1. The summed E-state index contributed by atoms with van der Waals surface area (Å²) in [4.78, 5) is 16.8. The summed E-state index contributed by atoms with van der Waals surface area (Å²) in [5, 5.41) is 7.35. The van der Waals surface area contributed by atoms with Crippen molar-refractivity contribution < 1.29 is 14.4 Å². The molecule has 0 fully saturated rings. The lowest BCUT2D eigenvalue weighted by Gasteiger charge is -2.13. The van der Waals surface area contributed by atoms with Crippen LogP contribution in [0.5, 0.6) is 5.75 Å². The zero-order valence-corrected chi connectivity index (χ0v) is 15.7. The topological polar surface area (TPSA) is 59.9 Å². The smallest absolute Gasteiger partial charge is 0.273 e. The van der Waals surface area contributed by atoms with Gasteiger partial charge in [-0.05, 0) is 11.6 Å². The van der Waals surface area contributed by atoms with E-state index in [4.69, 9.17) is 44.4 Å². The first-order chi connectivity index (χ1) is 12.0. The second-order valence-electron chi connectivity index (χ2n) is 4.84. The lowest BCUT2D eigenvalue weighted by molar-refractivity contribution is -0.114. The van der Waals surface area contributed by atoms with Gasteiger partial charge in [0.15, 0.2) is 5.71 Å². The molecule has 1 N–H and O–H groups in total. The Morgan fingerprint density at radius 2 is 1.80 bits per heavy atom. The maximum absolute atomic E-state index is 12.0. The van der Waals surface area contributed by atoms with Gasteiger partial charge in [-0.2, -0.15) is 0 Å². The first kappa shape index (κ1) is 19.4. The third-order valence-corrected chi connectivity index (χ3v) is 4.27. The van der Waals surface area contributed by atoms with Gasteiger partial charge in [0, 0.05) is 18.7 Å². The molecular weight excluding hydrogens is 387 g/mol. The summed E-state index contributed by atoms with van der Waals surface area (Å²) < 4.78 is 5.74. The molecule has 0 aliphatic heterocycles. The number of halogens is 3. The summed E-state index contributed by atoms with van der Waals surface area (Å²) in [6.07, 6.45) is 0. The van der Waals surface area contributed by atoms with Crippen molar-refractivity contribution in [1.29, 1.82) is 0 Å². The van der Waals surface area contributed by atoms with E-state index in [9.17, 15) is 4.79 Å². The van der Waals surface area contributed by atoms with Gasteiger partial charge < -0.3 is 14.9 Å². The van der Waals surface area contributed by atoms with Crippen molar-refractivity contribution in [1.82, 2.24) is 5.32 Å². The highest BCUT2D eigenvalue weighted by molar-refractivity contribution is 6.45. The second-order valence-corrected chi connectivity index (χ2v) is 6.07. The highest BCUT2D eigenvalue weighted by atomic mass is 35.5. The number of rotatable bonds is 6. The average Bonchev–Trinajstić information content (AvgIpc) is 2.61. The molecule has 0 aromatic heterocycles. The predicted octanol–water partition coefficient (Wildman–Crippen LogP) is 4.32. The number of hydrogen-bond acceptors (Lipinski definition) is 4. The van der Waals surface area contributed by atoms with Crippen LogP contribution in [0.1, 0.15) is 11.1 Å². The summed E-state index contributed by atoms with van der Waals surface area (Å²) in [5.41, 5.74) is 1.45. The van der Waals surface area contributed by atoms with E-state index in [1.807, 2.05) is 12.1 Å². The molecule has 2 aromatic carbocycles. The van der Waals surface area contributed by atoms with E-state index in [1.54, 1.807) is 12.1 Å². The monoisotopic (exact) mass is 400 g/mol. The number of ether oxygens (including phenoxy) is 1. The van der Waals surface area contributed by atoms with Gasteiger partial charge in [-0.25, -0.2) is 0 Å². The fraction of sp³-hybridized carbons (Fsp3) is 0.176.